The molecule has 3 heteroatoms. The number of carbonyl (C=O) groups is 2. The third kappa shape index (κ3) is 2.05. The Morgan fingerprint density at radius 1 is 1.33 bits per heavy atom. The standard InChI is InChI=1S/C15H17NO2/c1-16-13-6-4-12(14(17)8-10-2-3-10)9-11(13)5-7-15(16)18/h4,6,9-10H,2-3,5,7-8H2,1H3. The second-order valence-corrected chi connectivity index (χ2v) is 5.37. The Morgan fingerprint density at radius 3 is 2.83 bits per heavy atom. The van der Waals surface area contributed by atoms with Crippen LogP contribution in [0.4, 0.5) is 5.69 Å². The fourth-order valence-electron chi connectivity index (χ4n) is 2.53. The van der Waals surface area contributed by atoms with Gasteiger partial charge in [-0.25, -0.2) is 0 Å². The van der Waals surface area contributed by atoms with Crippen LogP contribution in [0.1, 0.15) is 41.6 Å². The van der Waals surface area contributed by atoms with Crippen LogP contribution in [0.15, 0.2) is 18.2 Å². The molecule has 0 spiro atoms. The summed E-state index contributed by atoms with van der Waals surface area (Å²) in [6, 6.07) is 5.74. The van der Waals surface area contributed by atoms with Gasteiger partial charge in [0.05, 0.1) is 0 Å². The fourth-order valence-corrected chi connectivity index (χ4v) is 2.53. The molecule has 3 nitrogen and oxygen atoms in total. The van der Waals surface area contributed by atoms with Crippen molar-refractivity contribution in [2.75, 3.05) is 11.9 Å². The zero-order chi connectivity index (χ0) is 12.7. The molecule has 1 aliphatic carbocycles. The van der Waals surface area contributed by atoms with Gasteiger partial charge in [-0.2, -0.15) is 0 Å². The lowest BCUT2D eigenvalue weighted by Crippen LogP contribution is -2.31. The molecule has 0 radical (unpaired) electrons. The maximum absolute atomic E-state index is 12.0. The number of rotatable bonds is 3. The summed E-state index contributed by atoms with van der Waals surface area (Å²) in [7, 11) is 1.80. The Bertz CT molecular complexity index is 517. The van der Waals surface area contributed by atoms with Crippen LogP contribution in [-0.2, 0) is 11.2 Å². The highest BCUT2D eigenvalue weighted by Crippen LogP contribution is 2.34. The molecule has 1 aromatic carbocycles. The van der Waals surface area contributed by atoms with Gasteiger partial charge in [0.2, 0.25) is 5.91 Å². The van der Waals surface area contributed by atoms with Crippen molar-refractivity contribution in [3.8, 4) is 0 Å². The summed E-state index contributed by atoms with van der Waals surface area (Å²) < 4.78 is 0. The minimum absolute atomic E-state index is 0.152. The van der Waals surface area contributed by atoms with E-state index in [-0.39, 0.29) is 11.7 Å². The summed E-state index contributed by atoms with van der Waals surface area (Å²) >= 11 is 0. The van der Waals surface area contributed by atoms with E-state index in [0.29, 0.717) is 18.8 Å². The van der Waals surface area contributed by atoms with Gasteiger partial charge in [-0.3, -0.25) is 9.59 Å². The normalized spacial score (nSPS) is 18.7. The van der Waals surface area contributed by atoms with E-state index in [1.165, 1.54) is 12.8 Å². The quantitative estimate of drug-likeness (QED) is 0.765. The Labute approximate surface area is 107 Å². The first-order chi connectivity index (χ1) is 8.65. The maximum atomic E-state index is 12.0. The molecule has 1 saturated carbocycles. The van der Waals surface area contributed by atoms with Crippen LogP contribution in [0.2, 0.25) is 0 Å². The molecule has 1 aliphatic heterocycles. The Hall–Kier alpha value is -1.64. The molecule has 0 N–H and O–H groups in total. The number of amides is 1. The first kappa shape index (κ1) is 11.5. The zero-order valence-electron chi connectivity index (χ0n) is 10.6. The van der Waals surface area contributed by atoms with Gasteiger partial charge >= 0.3 is 0 Å². The van der Waals surface area contributed by atoms with Gasteiger partial charge < -0.3 is 4.90 Å². The van der Waals surface area contributed by atoms with E-state index in [4.69, 9.17) is 0 Å². The summed E-state index contributed by atoms with van der Waals surface area (Å²) in [5.74, 6) is 1.03. The van der Waals surface area contributed by atoms with Gasteiger partial charge in [-0.15, -0.1) is 0 Å². The average molecular weight is 243 g/mol. The van der Waals surface area contributed by atoms with Crippen LogP contribution < -0.4 is 4.90 Å². The lowest BCUT2D eigenvalue weighted by atomic mass is 9.96. The van der Waals surface area contributed by atoms with E-state index in [0.717, 1.165) is 23.2 Å². The molecule has 1 heterocycles. The summed E-state index contributed by atoms with van der Waals surface area (Å²) in [5, 5.41) is 0. The van der Waals surface area contributed by atoms with Crippen molar-refractivity contribution in [2.24, 2.45) is 5.92 Å². The Morgan fingerprint density at radius 2 is 2.11 bits per heavy atom. The Balaban J connectivity index is 1.86. The second kappa shape index (κ2) is 4.23. The predicted molar refractivity (Wildman–Crippen MR) is 69.8 cm³/mol. The van der Waals surface area contributed by atoms with Crippen molar-refractivity contribution in [3.05, 3.63) is 29.3 Å². The maximum Gasteiger partial charge on any atom is 0.227 e. The largest absolute Gasteiger partial charge is 0.315 e. The van der Waals surface area contributed by atoms with E-state index in [1.54, 1.807) is 11.9 Å². The van der Waals surface area contributed by atoms with E-state index >= 15 is 0 Å². The molecular formula is C15H17NO2. The van der Waals surface area contributed by atoms with Crippen LogP contribution >= 0.6 is 0 Å². The van der Waals surface area contributed by atoms with Crippen molar-refractivity contribution < 1.29 is 9.59 Å². The molecule has 1 fully saturated rings. The molecule has 18 heavy (non-hydrogen) atoms. The number of ketones is 1. The number of nitrogens with zero attached hydrogens (tertiary/aromatic N) is 1. The molecule has 0 atom stereocenters. The van der Waals surface area contributed by atoms with Gasteiger partial charge in [0, 0.05) is 31.1 Å². The van der Waals surface area contributed by atoms with E-state index in [1.807, 2.05) is 18.2 Å². The first-order valence-corrected chi connectivity index (χ1v) is 6.58. The van der Waals surface area contributed by atoms with Crippen molar-refractivity contribution in [1.82, 2.24) is 0 Å². The lowest BCUT2D eigenvalue weighted by Gasteiger charge is -2.26. The topological polar surface area (TPSA) is 37.4 Å². The van der Waals surface area contributed by atoms with Gasteiger partial charge in [0.15, 0.2) is 5.78 Å². The highest BCUT2D eigenvalue weighted by atomic mass is 16.2. The van der Waals surface area contributed by atoms with Gasteiger partial charge in [-0.05, 0) is 48.9 Å². The minimum atomic E-state index is 0.152. The van der Waals surface area contributed by atoms with Crippen molar-refractivity contribution >= 4 is 17.4 Å². The number of fused-ring (bicyclic) bond motifs is 1. The third-order valence-corrected chi connectivity index (χ3v) is 3.92. The Kier molecular flexibility index (Phi) is 2.69. The monoisotopic (exact) mass is 243 g/mol. The van der Waals surface area contributed by atoms with Crippen LogP contribution in [0, 0.1) is 5.92 Å². The lowest BCUT2D eigenvalue weighted by molar-refractivity contribution is -0.118. The molecule has 1 amide bonds. The van der Waals surface area contributed by atoms with E-state index in [2.05, 4.69) is 0 Å². The number of carbonyl (C=O) groups excluding carboxylic acids is 2. The highest BCUT2D eigenvalue weighted by molar-refractivity contribution is 5.99. The van der Waals surface area contributed by atoms with Gasteiger partial charge in [0.1, 0.15) is 0 Å². The summed E-state index contributed by atoms with van der Waals surface area (Å²) in [5.41, 5.74) is 2.89. The molecule has 0 bridgehead atoms. The molecule has 1 aromatic rings. The third-order valence-electron chi connectivity index (χ3n) is 3.92. The van der Waals surface area contributed by atoms with Gasteiger partial charge in [-0.1, -0.05) is 0 Å². The number of aryl methyl sites for hydroxylation is 1. The molecule has 0 saturated heterocycles. The van der Waals surface area contributed by atoms with E-state index < -0.39 is 0 Å². The second-order valence-electron chi connectivity index (χ2n) is 5.37. The zero-order valence-corrected chi connectivity index (χ0v) is 10.6. The van der Waals surface area contributed by atoms with Gasteiger partial charge in [0.25, 0.3) is 0 Å². The van der Waals surface area contributed by atoms with E-state index in [9.17, 15) is 9.59 Å². The van der Waals surface area contributed by atoms with Crippen molar-refractivity contribution in [2.45, 2.75) is 32.1 Å². The smallest absolute Gasteiger partial charge is 0.227 e. The molecule has 3 rings (SSSR count). The van der Waals surface area contributed by atoms with Crippen molar-refractivity contribution in [1.29, 1.82) is 0 Å². The average Bonchev–Trinajstić information content (AvgIpc) is 3.17. The summed E-state index contributed by atoms with van der Waals surface area (Å²) in [4.78, 5) is 25.3. The minimum Gasteiger partial charge on any atom is -0.315 e. The summed E-state index contributed by atoms with van der Waals surface area (Å²) in [6.45, 7) is 0. The predicted octanol–water partition coefficient (Wildman–Crippen LogP) is 2.58. The first-order valence-electron chi connectivity index (χ1n) is 6.58. The van der Waals surface area contributed by atoms with Crippen LogP contribution in [0.3, 0.4) is 0 Å². The van der Waals surface area contributed by atoms with Crippen LogP contribution in [0.25, 0.3) is 0 Å². The SMILES string of the molecule is CN1C(=O)CCc2cc(C(=O)CC3CC3)ccc21. The van der Waals surface area contributed by atoms with Crippen molar-refractivity contribution in [3.63, 3.8) is 0 Å². The molecular weight excluding hydrogens is 226 g/mol. The molecule has 94 valence electrons. The number of hydrogen-bond acceptors (Lipinski definition) is 2. The molecule has 2 aliphatic rings. The number of Topliss-reactive ketones (excluding diaryl/α,β-unsaturated/α-hetero) is 1. The highest BCUT2D eigenvalue weighted by Gasteiger charge is 2.26. The van der Waals surface area contributed by atoms with Crippen LogP contribution in [-0.4, -0.2) is 18.7 Å². The number of hydrogen-bond donors (Lipinski definition) is 0. The van der Waals surface area contributed by atoms with Crippen LogP contribution in [0.5, 0.6) is 0 Å². The molecule has 0 unspecified atom stereocenters. The number of anilines is 1. The summed E-state index contributed by atoms with van der Waals surface area (Å²) in [6.07, 6.45) is 4.39. The fraction of sp³-hybridized carbons (Fsp3) is 0.467. The number of benzene rings is 1. The molecule has 0 aromatic heterocycles.